The van der Waals surface area contributed by atoms with E-state index in [9.17, 15) is 4.79 Å². The number of pyridine rings is 1. The number of hydrogen-bond donors (Lipinski definition) is 1. The van der Waals surface area contributed by atoms with E-state index in [-0.39, 0.29) is 11.6 Å². The van der Waals surface area contributed by atoms with Crippen LogP contribution in [0.4, 0.5) is 17.3 Å². The lowest BCUT2D eigenvalue weighted by Gasteiger charge is -2.35. The van der Waals surface area contributed by atoms with E-state index in [2.05, 4.69) is 65.3 Å². The molecule has 2 aliphatic rings. The van der Waals surface area contributed by atoms with Crippen molar-refractivity contribution >= 4 is 28.4 Å². The molecule has 0 spiro atoms. The van der Waals surface area contributed by atoms with Crippen molar-refractivity contribution < 1.29 is 0 Å². The van der Waals surface area contributed by atoms with Crippen LogP contribution in [0.3, 0.4) is 0 Å². The third kappa shape index (κ3) is 4.47. The van der Waals surface area contributed by atoms with Crippen molar-refractivity contribution in [3.63, 3.8) is 0 Å². The lowest BCUT2D eigenvalue weighted by Crippen LogP contribution is -2.44. The molecule has 0 radical (unpaired) electrons. The van der Waals surface area contributed by atoms with E-state index in [1.54, 1.807) is 6.07 Å². The van der Waals surface area contributed by atoms with E-state index < -0.39 is 0 Å². The second-order valence-electron chi connectivity index (χ2n) is 9.81. The second kappa shape index (κ2) is 9.14. The predicted molar refractivity (Wildman–Crippen MR) is 134 cm³/mol. The molecule has 0 amide bonds. The van der Waals surface area contributed by atoms with Crippen molar-refractivity contribution in [2.75, 3.05) is 43.4 Å². The Balaban J connectivity index is 1.41. The van der Waals surface area contributed by atoms with Gasteiger partial charge in [-0.2, -0.15) is 4.98 Å². The lowest BCUT2D eigenvalue weighted by atomic mass is 9.78. The fraction of sp³-hybridized carbons (Fsp3) is 0.500. The van der Waals surface area contributed by atoms with Crippen LogP contribution < -0.4 is 15.8 Å². The van der Waals surface area contributed by atoms with Gasteiger partial charge in [-0.25, -0.2) is 4.98 Å². The van der Waals surface area contributed by atoms with Crippen LogP contribution in [0, 0.1) is 11.8 Å². The third-order valence-electron chi connectivity index (χ3n) is 7.65. The van der Waals surface area contributed by atoms with Crippen molar-refractivity contribution in [3.05, 3.63) is 52.9 Å². The highest BCUT2D eigenvalue weighted by Gasteiger charge is 2.30. The quantitative estimate of drug-likeness (QED) is 0.645. The smallest absolute Gasteiger partial charge is 0.252 e. The molecule has 5 rings (SSSR count). The van der Waals surface area contributed by atoms with Gasteiger partial charge in [0, 0.05) is 61.2 Å². The molecule has 1 saturated heterocycles. The molecule has 1 N–H and O–H groups in total. The van der Waals surface area contributed by atoms with Gasteiger partial charge in [0.1, 0.15) is 5.65 Å². The van der Waals surface area contributed by atoms with Crippen molar-refractivity contribution in [1.82, 2.24) is 19.4 Å². The van der Waals surface area contributed by atoms with Crippen LogP contribution in [0.25, 0.3) is 11.0 Å². The summed E-state index contributed by atoms with van der Waals surface area (Å²) in [5.74, 6) is 1.56. The van der Waals surface area contributed by atoms with Crippen LogP contribution in [0.2, 0.25) is 0 Å². The number of benzene rings is 1. The Kier molecular flexibility index (Phi) is 6.06. The average Bonchev–Trinajstić information content (AvgIpc) is 2.82. The van der Waals surface area contributed by atoms with Gasteiger partial charge in [-0.3, -0.25) is 9.36 Å². The van der Waals surface area contributed by atoms with Crippen LogP contribution in [-0.2, 0) is 0 Å². The molecule has 2 fully saturated rings. The Hall–Kier alpha value is -2.93. The van der Waals surface area contributed by atoms with Gasteiger partial charge in [0.15, 0.2) is 0 Å². The maximum atomic E-state index is 12.9. The monoisotopic (exact) mass is 446 g/mol. The summed E-state index contributed by atoms with van der Waals surface area (Å²) in [5, 5.41) is 4.24. The van der Waals surface area contributed by atoms with Crippen LogP contribution in [0.15, 0.2) is 47.4 Å². The summed E-state index contributed by atoms with van der Waals surface area (Å²) in [6.45, 7) is 8.83. The summed E-state index contributed by atoms with van der Waals surface area (Å²) < 4.78 is 1.92. The summed E-state index contributed by atoms with van der Waals surface area (Å²) in [5.41, 5.74) is 2.92. The summed E-state index contributed by atoms with van der Waals surface area (Å²) in [4.78, 5) is 27.0. The summed E-state index contributed by atoms with van der Waals surface area (Å²) in [6, 6.07) is 12.1. The minimum atomic E-state index is 0.0228. The van der Waals surface area contributed by atoms with Crippen LogP contribution in [0.1, 0.15) is 39.2 Å². The van der Waals surface area contributed by atoms with Crippen LogP contribution in [0.5, 0.6) is 0 Å². The molecular weight excluding hydrogens is 412 g/mol. The Labute approximate surface area is 195 Å². The lowest BCUT2D eigenvalue weighted by molar-refractivity contribution is 0.186. The first-order valence-corrected chi connectivity index (χ1v) is 12.2. The Morgan fingerprint density at radius 3 is 2.48 bits per heavy atom. The standard InChI is InChI=1S/C26H34N6O/c1-18-5-4-6-23(19(18)2)32-24(33)12-7-20-17-27-26(29-25(20)32)28-21-8-10-22(11-9-21)31-15-13-30(3)14-16-31/h7-12,17-19,23H,4-6,13-16H2,1-3H3,(H,27,28,29). The number of aromatic nitrogens is 3. The molecule has 174 valence electrons. The first-order valence-electron chi connectivity index (χ1n) is 12.2. The number of nitrogens with zero attached hydrogens (tertiary/aromatic N) is 5. The molecule has 1 saturated carbocycles. The first kappa shape index (κ1) is 21.9. The van der Waals surface area contributed by atoms with Crippen molar-refractivity contribution in [2.45, 2.75) is 39.2 Å². The fourth-order valence-electron chi connectivity index (χ4n) is 5.29. The van der Waals surface area contributed by atoms with Gasteiger partial charge in [0.25, 0.3) is 5.56 Å². The highest BCUT2D eigenvalue weighted by molar-refractivity contribution is 5.76. The highest BCUT2D eigenvalue weighted by atomic mass is 16.1. The summed E-state index contributed by atoms with van der Waals surface area (Å²) in [7, 11) is 2.17. The molecule has 2 aromatic heterocycles. The van der Waals surface area contributed by atoms with E-state index in [0.29, 0.717) is 17.8 Å². The number of fused-ring (bicyclic) bond motifs is 1. The molecule has 3 heterocycles. The van der Waals surface area contributed by atoms with E-state index in [0.717, 1.165) is 55.7 Å². The molecule has 7 nitrogen and oxygen atoms in total. The molecule has 33 heavy (non-hydrogen) atoms. The number of piperazine rings is 1. The van der Waals surface area contributed by atoms with Crippen LogP contribution >= 0.6 is 0 Å². The minimum Gasteiger partial charge on any atom is -0.369 e. The number of anilines is 3. The number of nitrogens with one attached hydrogen (secondary N) is 1. The Morgan fingerprint density at radius 1 is 0.970 bits per heavy atom. The zero-order valence-electron chi connectivity index (χ0n) is 19.9. The Bertz CT molecular complexity index is 1170. The minimum absolute atomic E-state index is 0.0228. The van der Waals surface area contributed by atoms with E-state index in [4.69, 9.17) is 4.98 Å². The molecule has 3 aromatic rings. The third-order valence-corrected chi connectivity index (χ3v) is 7.65. The number of rotatable bonds is 4. The first-order chi connectivity index (χ1) is 16.0. The van der Waals surface area contributed by atoms with Gasteiger partial charge in [-0.1, -0.05) is 26.7 Å². The van der Waals surface area contributed by atoms with E-state index in [1.165, 1.54) is 12.1 Å². The Morgan fingerprint density at radius 2 is 1.73 bits per heavy atom. The van der Waals surface area contributed by atoms with Crippen LogP contribution in [-0.4, -0.2) is 52.7 Å². The van der Waals surface area contributed by atoms with Gasteiger partial charge in [-0.05, 0) is 55.6 Å². The second-order valence-corrected chi connectivity index (χ2v) is 9.81. The maximum Gasteiger partial charge on any atom is 0.252 e. The van der Waals surface area contributed by atoms with Crippen molar-refractivity contribution in [2.24, 2.45) is 11.8 Å². The van der Waals surface area contributed by atoms with Gasteiger partial charge in [0.05, 0.1) is 0 Å². The van der Waals surface area contributed by atoms with Gasteiger partial charge in [0.2, 0.25) is 5.95 Å². The van der Waals surface area contributed by atoms with Gasteiger partial charge in [-0.15, -0.1) is 0 Å². The molecule has 0 bridgehead atoms. The van der Waals surface area contributed by atoms with E-state index >= 15 is 0 Å². The topological polar surface area (TPSA) is 66.3 Å². The molecule has 3 unspecified atom stereocenters. The predicted octanol–water partition coefficient (Wildman–Crippen LogP) is 4.28. The average molecular weight is 447 g/mol. The fourth-order valence-corrected chi connectivity index (χ4v) is 5.29. The van der Waals surface area contributed by atoms with Crippen molar-refractivity contribution in [3.8, 4) is 0 Å². The zero-order chi connectivity index (χ0) is 22.9. The molecule has 1 aliphatic heterocycles. The zero-order valence-corrected chi connectivity index (χ0v) is 19.9. The summed E-state index contributed by atoms with van der Waals surface area (Å²) >= 11 is 0. The molecule has 7 heteroatoms. The molecular formula is C26H34N6O. The largest absolute Gasteiger partial charge is 0.369 e. The van der Waals surface area contributed by atoms with Gasteiger partial charge < -0.3 is 15.1 Å². The van der Waals surface area contributed by atoms with Crippen molar-refractivity contribution in [1.29, 1.82) is 0 Å². The van der Waals surface area contributed by atoms with E-state index in [1.807, 2.05) is 16.8 Å². The highest BCUT2D eigenvalue weighted by Crippen LogP contribution is 2.38. The molecule has 3 atom stereocenters. The maximum absolute atomic E-state index is 12.9. The molecule has 1 aromatic carbocycles. The molecule has 1 aliphatic carbocycles. The summed E-state index contributed by atoms with van der Waals surface area (Å²) in [6.07, 6.45) is 5.21. The number of likely N-dealkylation sites (N-methyl/N-ethyl adjacent to an activating group) is 1. The SMILES string of the molecule is CC1CCCC(n2c(=O)ccc3cnc(Nc4ccc(N5CCN(C)CC5)cc4)nc32)C1C. The van der Waals surface area contributed by atoms with Gasteiger partial charge >= 0.3 is 0 Å². The number of hydrogen-bond acceptors (Lipinski definition) is 6. The normalized spacial score (nSPS) is 24.2.